The van der Waals surface area contributed by atoms with Gasteiger partial charge in [0.2, 0.25) is 0 Å². The third kappa shape index (κ3) is 1.90. The Labute approximate surface area is 114 Å². The summed E-state index contributed by atoms with van der Waals surface area (Å²) in [6.45, 7) is 1.34. The fraction of sp³-hybridized carbons (Fsp3) is 0.500. The molecule has 20 heavy (non-hydrogen) atoms. The number of fused-ring (bicyclic) bond motifs is 1. The first-order chi connectivity index (χ1) is 9.34. The third-order valence-corrected chi connectivity index (χ3v) is 3.82. The van der Waals surface area contributed by atoms with Gasteiger partial charge in [-0.05, 0) is 25.0 Å². The Morgan fingerprint density at radius 1 is 1.30 bits per heavy atom. The summed E-state index contributed by atoms with van der Waals surface area (Å²) in [5.74, 6) is -3.56. The maximum atomic E-state index is 13.6. The van der Waals surface area contributed by atoms with Crippen LogP contribution in [0.2, 0.25) is 0 Å². The summed E-state index contributed by atoms with van der Waals surface area (Å²) in [6, 6.07) is 2.48. The van der Waals surface area contributed by atoms with Crippen molar-refractivity contribution in [3.63, 3.8) is 0 Å². The first-order valence-electron chi connectivity index (χ1n) is 6.40. The highest BCUT2D eigenvalue weighted by Gasteiger charge is 2.54. The van der Waals surface area contributed by atoms with Crippen LogP contribution in [0.15, 0.2) is 12.1 Å². The van der Waals surface area contributed by atoms with Crippen LogP contribution < -0.4 is 9.47 Å². The molecule has 2 aliphatic rings. The molecule has 3 rings (SSSR count). The molecule has 0 amide bonds. The van der Waals surface area contributed by atoms with Crippen molar-refractivity contribution in [3.05, 3.63) is 23.3 Å². The van der Waals surface area contributed by atoms with E-state index in [1.807, 2.05) is 0 Å². The van der Waals surface area contributed by atoms with Gasteiger partial charge >= 0.3 is 5.97 Å². The van der Waals surface area contributed by atoms with Gasteiger partial charge in [-0.1, -0.05) is 0 Å². The predicted molar refractivity (Wildman–Crippen MR) is 65.5 cm³/mol. The Balaban J connectivity index is 2.19. The van der Waals surface area contributed by atoms with Gasteiger partial charge in [0, 0.05) is 18.1 Å². The smallest absolute Gasteiger partial charge is 0.314 e. The van der Waals surface area contributed by atoms with E-state index in [0.29, 0.717) is 24.2 Å². The van der Waals surface area contributed by atoms with E-state index in [4.69, 9.17) is 9.47 Å². The molecule has 1 N–H and O–H groups in total. The lowest BCUT2D eigenvalue weighted by atomic mass is 9.91. The summed E-state index contributed by atoms with van der Waals surface area (Å²) in [6.07, 6.45) is 0.855. The summed E-state index contributed by atoms with van der Waals surface area (Å²) in [5, 5.41) is 9.37. The molecule has 1 aliphatic carbocycles. The van der Waals surface area contributed by atoms with E-state index < -0.39 is 17.3 Å². The Bertz CT molecular complexity index is 573. The van der Waals surface area contributed by atoms with E-state index in [9.17, 15) is 18.7 Å². The molecule has 1 heterocycles. The average molecular weight is 284 g/mol. The molecule has 0 bridgehead atoms. The van der Waals surface area contributed by atoms with E-state index in [1.54, 1.807) is 0 Å². The molecule has 1 saturated carbocycles. The largest absolute Gasteiger partial charge is 0.486 e. The molecule has 108 valence electrons. The SMILES string of the molecule is CC(F)(F)c1cc2c(c(C3(C(=O)O)CC3)c1)OCCO2. The van der Waals surface area contributed by atoms with Gasteiger partial charge in [0.1, 0.15) is 13.2 Å². The number of rotatable bonds is 3. The van der Waals surface area contributed by atoms with Crippen LogP contribution >= 0.6 is 0 Å². The molecule has 0 aromatic heterocycles. The minimum absolute atomic E-state index is 0.206. The van der Waals surface area contributed by atoms with Crippen LogP contribution in [0, 0.1) is 0 Å². The van der Waals surface area contributed by atoms with Crippen LogP contribution in [0.25, 0.3) is 0 Å². The number of ether oxygens (including phenoxy) is 2. The molecule has 0 unspecified atom stereocenters. The fourth-order valence-electron chi connectivity index (χ4n) is 2.49. The highest BCUT2D eigenvalue weighted by molar-refractivity contribution is 5.86. The van der Waals surface area contributed by atoms with Crippen molar-refractivity contribution in [2.24, 2.45) is 0 Å². The molecular formula is C14H14F2O4. The minimum atomic E-state index is -3.06. The summed E-state index contributed by atoms with van der Waals surface area (Å²) < 4.78 is 38.0. The van der Waals surface area contributed by atoms with E-state index in [2.05, 4.69) is 0 Å². The maximum Gasteiger partial charge on any atom is 0.314 e. The number of benzene rings is 1. The topological polar surface area (TPSA) is 55.8 Å². The number of alkyl halides is 2. The van der Waals surface area contributed by atoms with E-state index in [0.717, 1.165) is 6.92 Å². The van der Waals surface area contributed by atoms with Gasteiger partial charge < -0.3 is 14.6 Å². The fourth-order valence-corrected chi connectivity index (χ4v) is 2.49. The summed E-state index contributed by atoms with van der Waals surface area (Å²) in [5.41, 5.74) is -1.05. The second kappa shape index (κ2) is 4.07. The number of halogens is 2. The normalized spacial score (nSPS) is 19.6. The van der Waals surface area contributed by atoms with Gasteiger partial charge in [-0.2, -0.15) is 0 Å². The number of carboxylic acid groups (broad SMARTS) is 1. The quantitative estimate of drug-likeness (QED) is 0.927. The second-order valence-electron chi connectivity index (χ2n) is 5.32. The maximum absolute atomic E-state index is 13.6. The Morgan fingerprint density at radius 3 is 2.50 bits per heavy atom. The lowest BCUT2D eigenvalue weighted by Gasteiger charge is -2.25. The highest BCUT2D eigenvalue weighted by atomic mass is 19.3. The first kappa shape index (κ1) is 13.1. The summed E-state index contributed by atoms with van der Waals surface area (Å²) in [4.78, 5) is 11.4. The Morgan fingerprint density at radius 2 is 1.95 bits per heavy atom. The van der Waals surface area contributed by atoms with Crippen molar-refractivity contribution in [3.8, 4) is 11.5 Å². The lowest BCUT2D eigenvalue weighted by Crippen LogP contribution is -2.25. The van der Waals surface area contributed by atoms with Crippen molar-refractivity contribution in [1.29, 1.82) is 0 Å². The van der Waals surface area contributed by atoms with Crippen molar-refractivity contribution in [2.45, 2.75) is 31.1 Å². The van der Waals surface area contributed by atoms with Crippen LogP contribution in [0.3, 0.4) is 0 Å². The van der Waals surface area contributed by atoms with Crippen molar-refractivity contribution < 1.29 is 28.2 Å². The molecule has 0 spiro atoms. The molecule has 0 radical (unpaired) electrons. The van der Waals surface area contributed by atoms with Gasteiger partial charge in [-0.15, -0.1) is 0 Å². The predicted octanol–water partition coefficient (Wildman–Crippen LogP) is 2.69. The second-order valence-corrected chi connectivity index (χ2v) is 5.32. The van der Waals surface area contributed by atoms with Crippen LogP contribution in [0.5, 0.6) is 11.5 Å². The summed E-state index contributed by atoms with van der Waals surface area (Å²) >= 11 is 0. The van der Waals surface area contributed by atoms with Gasteiger partial charge in [0.15, 0.2) is 11.5 Å². The van der Waals surface area contributed by atoms with Gasteiger partial charge in [0.25, 0.3) is 5.92 Å². The van der Waals surface area contributed by atoms with E-state index in [-0.39, 0.29) is 24.5 Å². The highest BCUT2D eigenvalue weighted by Crippen LogP contribution is 2.55. The van der Waals surface area contributed by atoms with E-state index in [1.165, 1.54) is 12.1 Å². The zero-order chi connectivity index (χ0) is 14.5. The van der Waals surface area contributed by atoms with Gasteiger partial charge in [0.05, 0.1) is 5.41 Å². The molecule has 0 saturated heterocycles. The number of hydrogen-bond donors (Lipinski definition) is 1. The summed E-state index contributed by atoms with van der Waals surface area (Å²) in [7, 11) is 0. The number of hydrogen-bond acceptors (Lipinski definition) is 3. The van der Waals surface area contributed by atoms with Crippen molar-refractivity contribution >= 4 is 5.97 Å². The molecule has 6 heteroatoms. The average Bonchev–Trinajstić information content (AvgIpc) is 3.17. The first-order valence-corrected chi connectivity index (χ1v) is 6.40. The standard InChI is InChI=1S/C14H14F2O4/c1-13(15,16)8-6-9(14(2-3-14)12(17)18)11-10(7-8)19-4-5-20-11/h6-7H,2-5H2,1H3,(H,17,18). The van der Waals surface area contributed by atoms with Gasteiger partial charge in [-0.25, -0.2) is 8.78 Å². The van der Waals surface area contributed by atoms with Crippen LogP contribution in [0.4, 0.5) is 8.78 Å². The number of carbonyl (C=O) groups is 1. The molecule has 1 aromatic rings. The molecule has 1 aliphatic heterocycles. The number of carboxylic acids is 1. The lowest BCUT2D eigenvalue weighted by molar-refractivity contribution is -0.140. The van der Waals surface area contributed by atoms with Crippen LogP contribution in [-0.4, -0.2) is 24.3 Å². The van der Waals surface area contributed by atoms with Crippen LogP contribution in [-0.2, 0) is 16.1 Å². The van der Waals surface area contributed by atoms with Crippen LogP contribution in [0.1, 0.15) is 30.9 Å². The van der Waals surface area contributed by atoms with Crippen molar-refractivity contribution in [1.82, 2.24) is 0 Å². The zero-order valence-corrected chi connectivity index (χ0v) is 10.9. The van der Waals surface area contributed by atoms with Crippen molar-refractivity contribution in [2.75, 3.05) is 13.2 Å². The Hall–Kier alpha value is -1.85. The number of aliphatic carboxylic acids is 1. The monoisotopic (exact) mass is 284 g/mol. The third-order valence-electron chi connectivity index (χ3n) is 3.82. The van der Waals surface area contributed by atoms with Gasteiger partial charge in [-0.3, -0.25) is 4.79 Å². The molecule has 1 fully saturated rings. The molecule has 1 aromatic carbocycles. The molecule has 4 nitrogen and oxygen atoms in total. The Kier molecular flexibility index (Phi) is 2.68. The molecule has 0 atom stereocenters. The molecular weight excluding hydrogens is 270 g/mol. The minimum Gasteiger partial charge on any atom is -0.486 e. The van der Waals surface area contributed by atoms with E-state index >= 15 is 0 Å². The zero-order valence-electron chi connectivity index (χ0n) is 10.9.